The third kappa shape index (κ3) is 4.42. The van der Waals surface area contributed by atoms with E-state index < -0.39 is 0 Å². The average molecular weight is 754 g/mol. The van der Waals surface area contributed by atoms with Gasteiger partial charge >= 0.3 is 0 Å². The molecule has 4 heterocycles. The van der Waals surface area contributed by atoms with Crippen molar-refractivity contribution in [2.45, 2.75) is 19.3 Å². The molecule has 12 aromatic rings. The van der Waals surface area contributed by atoms with Crippen molar-refractivity contribution in [3.8, 4) is 51.0 Å². The molecule has 0 atom stereocenters. The lowest BCUT2D eigenvalue weighted by atomic mass is 9.82. The number of hydrogen-bond donors (Lipinski definition) is 0. The van der Waals surface area contributed by atoms with E-state index in [0.717, 1.165) is 33.3 Å². The van der Waals surface area contributed by atoms with E-state index in [2.05, 4.69) is 199 Å². The van der Waals surface area contributed by atoms with E-state index in [0.29, 0.717) is 17.6 Å². The molecule has 0 aliphatic heterocycles. The summed E-state index contributed by atoms with van der Waals surface area (Å²) < 4.78 is 4.74. The van der Waals surface area contributed by atoms with Gasteiger partial charge in [-0.1, -0.05) is 153 Å². The Morgan fingerprint density at radius 1 is 0.390 bits per heavy atom. The van der Waals surface area contributed by atoms with Crippen molar-refractivity contribution in [1.82, 2.24) is 23.9 Å². The van der Waals surface area contributed by atoms with E-state index in [1.807, 2.05) is 0 Å². The van der Waals surface area contributed by atoms with Gasteiger partial charge < -0.3 is 4.40 Å². The predicted octanol–water partition coefficient (Wildman–Crippen LogP) is 13.4. The highest BCUT2D eigenvalue weighted by atomic mass is 15.2. The lowest BCUT2D eigenvalue weighted by molar-refractivity contribution is 0.660. The molecule has 0 N–H and O–H groups in total. The van der Waals surface area contributed by atoms with Crippen LogP contribution >= 0.6 is 0 Å². The molecule has 1 aliphatic carbocycles. The summed E-state index contributed by atoms with van der Waals surface area (Å²) in [5.74, 6) is 1.85. The highest BCUT2D eigenvalue weighted by Gasteiger charge is 2.35. The zero-order valence-corrected chi connectivity index (χ0v) is 32.5. The molecule has 4 aromatic heterocycles. The minimum absolute atomic E-state index is 0.101. The van der Waals surface area contributed by atoms with Crippen molar-refractivity contribution >= 4 is 59.9 Å². The Kier molecular flexibility index (Phi) is 6.44. The van der Waals surface area contributed by atoms with Gasteiger partial charge in [0.2, 0.25) is 5.95 Å². The number of aromatic nitrogens is 5. The van der Waals surface area contributed by atoms with Gasteiger partial charge in [-0.15, -0.1) is 0 Å². The van der Waals surface area contributed by atoms with Crippen molar-refractivity contribution < 1.29 is 0 Å². The second kappa shape index (κ2) is 11.7. The summed E-state index contributed by atoms with van der Waals surface area (Å²) in [5, 5.41) is 7.28. The SMILES string of the molecule is CC1(C)c2ccccc2-c2cc(-c3nc(-c4cccc(-c5ccccc5)c4)nc(-n4c5cccc6c7ccccc7n7c8ccccc8c8ccc4c(c65)c87)n3)ccc21. The molecular weight excluding hydrogens is 719 g/mol. The van der Waals surface area contributed by atoms with Gasteiger partial charge in [-0.2, -0.15) is 9.97 Å². The zero-order valence-electron chi connectivity index (χ0n) is 32.5. The third-order valence-corrected chi connectivity index (χ3v) is 12.9. The lowest BCUT2D eigenvalue weighted by Gasteiger charge is -2.21. The number of benzene rings is 8. The van der Waals surface area contributed by atoms with Crippen LogP contribution in [0.15, 0.2) is 176 Å². The van der Waals surface area contributed by atoms with Crippen LogP contribution in [0.2, 0.25) is 0 Å². The van der Waals surface area contributed by atoms with Crippen LogP contribution in [0.25, 0.3) is 111 Å². The van der Waals surface area contributed by atoms with E-state index >= 15 is 0 Å². The molecule has 59 heavy (non-hydrogen) atoms. The summed E-state index contributed by atoms with van der Waals surface area (Å²) in [5.41, 5.74) is 14.9. The smallest absolute Gasteiger partial charge is 0.238 e. The number of para-hydroxylation sites is 2. The molecule has 276 valence electrons. The molecule has 0 bridgehead atoms. The maximum Gasteiger partial charge on any atom is 0.238 e. The van der Waals surface area contributed by atoms with Crippen LogP contribution in [0.1, 0.15) is 25.0 Å². The Labute approximate surface area is 339 Å². The van der Waals surface area contributed by atoms with Crippen LogP contribution in [0.5, 0.6) is 0 Å². The van der Waals surface area contributed by atoms with Gasteiger partial charge in [0.25, 0.3) is 0 Å². The van der Waals surface area contributed by atoms with Crippen molar-refractivity contribution in [1.29, 1.82) is 0 Å². The molecule has 13 rings (SSSR count). The fraction of sp³-hybridized carbons (Fsp3) is 0.0556. The largest absolute Gasteiger partial charge is 0.308 e. The van der Waals surface area contributed by atoms with E-state index in [1.54, 1.807) is 0 Å². The van der Waals surface area contributed by atoms with Gasteiger partial charge in [0, 0.05) is 43.5 Å². The summed E-state index contributed by atoms with van der Waals surface area (Å²) >= 11 is 0. The highest BCUT2D eigenvalue weighted by molar-refractivity contribution is 6.33. The number of nitrogens with zero attached hydrogens (tertiary/aromatic N) is 5. The fourth-order valence-corrected chi connectivity index (χ4v) is 10.2. The molecule has 1 aliphatic rings. The normalized spacial score (nSPS) is 13.4. The van der Waals surface area contributed by atoms with Crippen LogP contribution in [0, 0.1) is 0 Å². The van der Waals surface area contributed by atoms with Gasteiger partial charge in [-0.3, -0.25) is 4.57 Å². The molecule has 0 saturated heterocycles. The quantitative estimate of drug-likeness (QED) is 0.180. The number of rotatable bonds is 4. The Balaban J connectivity index is 1.13. The molecule has 5 nitrogen and oxygen atoms in total. The van der Waals surface area contributed by atoms with Crippen LogP contribution < -0.4 is 0 Å². The Hall–Kier alpha value is -7.63. The molecule has 0 unspecified atom stereocenters. The van der Waals surface area contributed by atoms with Gasteiger partial charge in [0.1, 0.15) is 0 Å². The first kappa shape index (κ1) is 32.5. The second-order valence-corrected chi connectivity index (χ2v) is 16.4. The number of hydrogen-bond acceptors (Lipinski definition) is 3. The summed E-state index contributed by atoms with van der Waals surface area (Å²) in [6, 6.07) is 63.4. The maximum atomic E-state index is 5.44. The molecule has 5 heteroatoms. The summed E-state index contributed by atoms with van der Waals surface area (Å²) in [7, 11) is 0. The second-order valence-electron chi connectivity index (χ2n) is 16.4. The highest BCUT2D eigenvalue weighted by Crippen LogP contribution is 2.50. The fourth-order valence-electron chi connectivity index (χ4n) is 10.2. The van der Waals surface area contributed by atoms with E-state index in [1.165, 1.54) is 71.1 Å². The summed E-state index contributed by atoms with van der Waals surface area (Å²) in [6.07, 6.45) is 0. The van der Waals surface area contributed by atoms with Crippen molar-refractivity contribution in [3.63, 3.8) is 0 Å². The van der Waals surface area contributed by atoms with Gasteiger partial charge in [0.05, 0.1) is 27.6 Å². The first-order valence-corrected chi connectivity index (χ1v) is 20.3. The molecule has 0 saturated carbocycles. The van der Waals surface area contributed by atoms with E-state index in [-0.39, 0.29) is 5.41 Å². The van der Waals surface area contributed by atoms with Crippen LogP contribution in [-0.4, -0.2) is 23.9 Å². The molecule has 0 amide bonds. The molecule has 0 fully saturated rings. The standard InChI is InChI=1S/C54H35N5/c1-54(2)42-22-9-6-18-36(42)41-31-35(26-28-43(41)54)52-55-51(34-17-12-16-33(30-34)32-14-4-3-5-15-32)56-53(57-52)59-46-25-13-21-39-37-19-7-10-23-44(37)58-45-24-11-8-20-38(45)40-27-29-47(59)49(48(39)46)50(40)58/h3-31H,1-2H3. The van der Waals surface area contributed by atoms with E-state index in [4.69, 9.17) is 15.0 Å². The summed E-state index contributed by atoms with van der Waals surface area (Å²) in [6.45, 7) is 4.63. The molecular formula is C54H35N5. The topological polar surface area (TPSA) is 48.0 Å². The zero-order chi connectivity index (χ0) is 39.0. The van der Waals surface area contributed by atoms with Crippen molar-refractivity contribution in [3.05, 3.63) is 187 Å². The van der Waals surface area contributed by atoms with Gasteiger partial charge in [-0.05, 0) is 75.2 Å². The first-order chi connectivity index (χ1) is 29.0. The third-order valence-electron chi connectivity index (χ3n) is 12.9. The Bertz CT molecular complexity index is 3700. The van der Waals surface area contributed by atoms with Crippen molar-refractivity contribution in [2.24, 2.45) is 0 Å². The summed E-state index contributed by atoms with van der Waals surface area (Å²) in [4.78, 5) is 16.2. The average Bonchev–Trinajstić information content (AvgIpc) is 3.86. The monoisotopic (exact) mass is 753 g/mol. The minimum Gasteiger partial charge on any atom is -0.308 e. The van der Waals surface area contributed by atoms with Crippen LogP contribution in [-0.2, 0) is 5.41 Å². The Morgan fingerprint density at radius 2 is 0.983 bits per heavy atom. The van der Waals surface area contributed by atoms with Crippen molar-refractivity contribution in [2.75, 3.05) is 0 Å². The molecule has 0 spiro atoms. The first-order valence-electron chi connectivity index (χ1n) is 20.3. The van der Waals surface area contributed by atoms with Crippen LogP contribution in [0.3, 0.4) is 0 Å². The molecule has 8 aromatic carbocycles. The predicted molar refractivity (Wildman–Crippen MR) is 243 cm³/mol. The van der Waals surface area contributed by atoms with Crippen LogP contribution in [0.4, 0.5) is 0 Å². The van der Waals surface area contributed by atoms with E-state index in [9.17, 15) is 0 Å². The number of fused-ring (bicyclic) bond motifs is 9. The van der Waals surface area contributed by atoms with Gasteiger partial charge in [-0.25, -0.2) is 4.98 Å². The minimum atomic E-state index is -0.101. The Morgan fingerprint density at radius 3 is 1.80 bits per heavy atom. The molecule has 0 radical (unpaired) electrons. The maximum absolute atomic E-state index is 5.44. The van der Waals surface area contributed by atoms with Gasteiger partial charge in [0.15, 0.2) is 11.6 Å². The lowest BCUT2D eigenvalue weighted by Crippen LogP contribution is -2.14.